The summed E-state index contributed by atoms with van der Waals surface area (Å²) < 4.78 is 5.48. The van der Waals surface area contributed by atoms with Crippen molar-refractivity contribution in [3.8, 4) is 5.75 Å². The molecule has 4 rings (SSSR count). The maximum atomic E-state index is 12.7. The average Bonchev–Trinajstić information content (AvgIpc) is 2.89. The first kappa shape index (κ1) is 19.4. The van der Waals surface area contributed by atoms with Gasteiger partial charge in [0, 0.05) is 38.9 Å². The predicted molar refractivity (Wildman–Crippen MR) is 110 cm³/mol. The molecule has 0 radical (unpaired) electrons. The standard InChI is InChI=1S/C22H26N4O3/c27-21-17-29-19-8-2-1-7-18(19)22(28)26(21)12-6-5-11-24-13-15-25(16-14-24)20-9-3-4-10-23-20/h1-4,7-10H,5-6,11-17H2. The van der Waals surface area contributed by atoms with E-state index >= 15 is 0 Å². The first-order valence-electron chi connectivity index (χ1n) is 10.2. The molecule has 2 aliphatic rings. The van der Waals surface area contributed by atoms with E-state index in [-0.39, 0.29) is 18.4 Å². The van der Waals surface area contributed by atoms with Crippen LogP contribution in [0.1, 0.15) is 23.2 Å². The Morgan fingerprint density at radius 1 is 0.897 bits per heavy atom. The Labute approximate surface area is 170 Å². The lowest BCUT2D eigenvalue weighted by atomic mass is 10.1. The molecule has 7 heteroatoms. The zero-order valence-corrected chi connectivity index (χ0v) is 16.5. The van der Waals surface area contributed by atoms with Crippen LogP contribution in [0.4, 0.5) is 5.82 Å². The number of rotatable bonds is 6. The summed E-state index contributed by atoms with van der Waals surface area (Å²) in [7, 11) is 0. The third-order valence-electron chi connectivity index (χ3n) is 5.47. The number of hydrogen-bond acceptors (Lipinski definition) is 6. The summed E-state index contributed by atoms with van der Waals surface area (Å²) in [5.74, 6) is 0.995. The van der Waals surface area contributed by atoms with E-state index in [0.717, 1.165) is 51.4 Å². The summed E-state index contributed by atoms with van der Waals surface area (Å²) in [6.07, 6.45) is 3.57. The summed E-state index contributed by atoms with van der Waals surface area (Å²) in [6, 6.07) is 13.0. The van der Waals surface area contributed by atoms with Gasteiger partial charge in [0.2, 0.25) is 0 Å². The summed E-state index contributed by atoms with van der Waals surface area (Å²) in [4.78, 5) is 35.5. The normalized spacial score (nSPS) is 17.7. The van der Waals surface area contributed by atoms with E-state index in [1.54, 1.807) is 24.3 Å². The van der Waals surface area contributed by atoms with Gasteiger partial charge in [0.1, 0.15) is 11.6 Å². The Morgan fingerprint density at radius 2 is 1.66 bits per heavy atom. The van der Waals surface area contributed by atoms with E-state index in [9.17, 15) is 9.59 Å². The molecule has 0 aliphatic carbocycles. The Bertz CT molecular complexity index is 850. The number of amides is 2. The fourth-order valence-corrected chi connectivity index (χ4v) is 3.82. The number of carbonyl (C=O) groups excluding carboxylic acids is 2. The smallest absolute Gasteiger partial charge is 0.267 e. The minimum atomic E-state index is -0.268. The number of carbonyl (C=O) groups is 2. The van der Waals surface area contributed by atoms with Crippen molar-refractivity contribution in [1.82, 2.24) is 14.8 Å². The van der Waals surface area contributed by atoms with Crippen LogP contribution in [0.25, 0.3) is 0 Å². The maximum Gasteiger partial charge on any atom is 0.267 e. The molecule has 2 aliphatic heterocycles. The van der Waals surface area contributed by atoms with Crippen LogP contribution in [-0.2, 0) is 4.79 Å². The summed E-state index contributed by atoms with van der Waals surface area (Å²) in [6.45, 7) is 5.25. The first-order valence-corrected chi connectivity index (χ1v) is 10.2. The zero-order valence-electron chi connectivity index (χ0n) is 16.5. The molecule has 7 nitrogen and oxygen atoms in total. The van der Waals surface area contributed by atoms with Gasteiger partial charge in [-0.15, -0.1) is 0 Å². The number of para-hydroxylation sites is 1. The molecule has 0 unspecified atom stereocenters. The van der Waals surface area contributed by atoms with Crippen LogP contribution in [0, 0.1) is 0 Å². The van der Waals surface area contributed by atoms with Gasteiger partial charge in [0.05, 0.1) is 5.56 Å². The largest absolute Gasteiger partial charge is 0.483 e. The van der Waals surface area contributed by atoms with Crippen LogP contribution in [0.3, 0.4) is 0 Å². The van der Waals surface area contributed by atoms with Crippen LogP contribution in [-0.4, -0.2) is 72.5 Å². The summed E-state index contributed by atoms with van der Waals surface area (Å²) in [5, 5.41) is 0. The summed E-state index contributed by atoms with van der Waals surface area (Å²) >= 11 is 0. The van der Waals surface area contributed by atoms with Gasteiger partial charge in [-0.05, 0) is 43.7 Å². The van der Waals surface area contributed by atoms with E-state index in [0.29, 0.717) is 17.9 Å². The molecule has 2 aromatic rings. The van der Waals surface area contributed by atoms with E-state index < -0.39 is 0 Å². The molecule has 1 aromatic carbocycles. The van der Waals surface area contributed by atoms with Gasteiger partial charge in [-0.3, -0.25) is 19.4 Å². The second kappa shape index (κ2) is 9.05. The molecule has 1 saturated heterocycles. The minimum Gasteiger partial charge on any atom is -0.483 e. The molecule has 0 spiro atoms. The number of hydrogen-bond donors (Lipinski definition) is 0. The van der Waals surface area contributed by atoms with E-state index in [4.69, 9.17) is 4.74 Å². The third-order valence-corrected chi connectivity index (χ3v) is 5.47. The van der Waals surface area contributed by atoms with E-state index in [1.807, 2.05) is 24.4 Å². The van der Waals surface area contributed by atoms with Gasteiger partial charge in [0.25, 0.3) is 11.8 Å². The number of benzene rings is 1. The Balaban J connectivity index is 1.23. The van der Waals surface area contributed by atoms with Gasteiger partial charge in [-0.1, -0.05) is 18.2 Å². The summed E-state index contributed by atoms with van der Waals surface area (Å²) in [5.41, 5.74) is 0.462. The van der Waals surface area contributed by atoms with Crippen molar-refractivity contribution in [1.29, 1.82) is 0 Å². The molecule has 29 heavy (non-hydrogen) atoms. The highest BCUT2D eigenvalue weighted by Crippen LogP contribution is 2.23. The third kappa shape index (κ3) is 4.56. The number of aromatic nitrogens is 1. The Morgan fingerprint density at radius 3 is 2.45 bits per heavy atom. The van der Waals surface area contributed by atoms with Crippen LogP contribution in [0.15, 0.2) is 48.7 Å². The molecule has 2 amide bonds. The van der Waals surface area contributed by atoms with Crippen molar-refractivity contribution in [3.05, 3.63) is 54.2 Å². The maximum absolute atomic E-state index is 12.7. The van der Waals surface area contributed by atoms with Gasteiger partial charge in [0.15, 0.2) is 6.61 Å². The Kier molecular flexibility index (Phi) is 6.05. The number of pyridine rings is 1. The van der Waals surface area contributed by atoms with Crippen molar-refractivity contribution < 1.29 is 14.3 Å². The highest BCUT2D eigenvalue weighted by molar-refractivity contribution is 6.07. The molecule has 0 atom stereocenters. The quantitative estimate of drug-likeness (QED) is 0.552. The molecule has 152 valence electrons. The van der Waals surface area contributed by atoms with Gasteiger partial charge in [-0.2, -0.15) is 0 Å². The number of nitrogens with zero attached hydrogens (tertiary/aromatic N) is 4. The van der Waals surface area contributed by atoms with Crippen LogP contribution in [0.2, 0.25) is 0 Å². The monoisotopic (exact) mass is 394 g/mol. The van der Waals surface area contributed by atoms with Gasteiger partial charge < -0.3 is 9.64 Å². The lowest BCUT2D eigenvalue weighted by molar-refractivity contribution is -0.130. The molecule has 0 saturated carbocycles. The highest BCUT2D eigenvalue weighted by Gasteiger charge is 2.28. The average molecular weight is 394 g/mol. The minimum absolute atomic E-state index is 0.0851. The first-order chi connectivity index (χ1) is 14.2. The second-order valence-electron chi connectivity index (χ2n) is 7.36. The molecular formula is C22H26N4O3. The topological polar surface area (TPSA) is 66.0 Å². The van der Waals surface area contributed by atoms with Crippen LogP contribution < -0.4 is 9.64 Å². The molecule has 0 N–H and O–H groups in total. The SMILES string of the molecule is O=C1COc2ccccc2C(=O)N1CCCCN1CCN(c2ccccn2)CC1. The number of imide groups is 1. The van der Waals surface area contributed by atoms with Crippen molar-refractivity contribution >= 4 is 17.6 Å². The predicted octanol–water partition coefficient (Wildman–Crippen LogP) is 2.05. The molecule has 0 bridgehead atoms. The number of piperazine rings is 1. The highest BCUT2D eigenvalue weighted by atomic mass is 16.5. The van der Waals surface area contributed by atoms with Crippen molar-refractivity contribution in [3.63, 3.8) is 0 Å². The number of anilines is 1. The fraction of sp³-hybridized carbons (Fsp3) is 0.409. The van der Waals surface area contributed by atoms with Crippen molar-refractivity contribution in [2.45, 2.75) is 12.8 Å². The van der Waals surface area contributed by atoms with Crippen LogP contribution in [0.5, 0.6) is 5.75 Å². The number of fused-ring (bicyclic) bond motifs is 1. The lowest BCUT2D eigenvalue weighted by Gasteiger charge is -2.35. The van der Waals surface area contributed by atoms with Gasteiger partial charge in [-0.25, -0.2) is 4.98 Å². The lowest BCUT2D eigenvalue weighted by Crippen LogP contribution is -2.47. The zero-order chi connectivity index (χ0) is 20.1. The van der Waals surface area contributed by atoms with Crippen molar-refractivity contribution in [2.24, 2.45) is 0 Å². The molecule has 1 aromatic heterocycles. The molecule has 1 fully saturated rings. The van der Waals surface area contributed by atoms with Crippen LogP contribution >= 0.6 is 0 Å². The van der Waals surface area contributed by atoms with E-state index in [2.05, 4.69) is 14.8 Å². The number of unbranched alkanes of at least 4 members (excludes halogenated alkanes) is 1. The van der Waals surface area contributed by atoms with Crippen molar-refractivity contribution in [2.75, 3.05) is 50.8 Å². The fourth-order valence-electron chi connectivity index (χ4n) is 3.82. The van der Waals surface area contributed by atoms with E-state index in [1.165, 1.54) is 4.90 Å². The molecular weight excluding hydrogens is 368 g/mol. The number of ether oxygens (including phenoxy) is 1. The van der Waals surface area contributed by atoms with Gasteiger partial charge >= 0.3 is 0 Å². The Hall–Kier alpha value is -2.93. The second-order valence-corrected chi connectivity index (χ2v) is 7.36. The molecule has 3 heterocycles.